The number of aryl methyl sites for hydroxylation is 1. The van der Waals surface area contributed by atoms with Crippen molar-refractivity contribution in [3.8, 4) is 10.6 Å². The molecule has 0 radical (unpaired) electrons. The summed E-state index contributed by atoms with van der Waals surface area (Å²) in [5.41, 5.74) is 10.8. The molecule has 4 aromatic rings. The normalized spacial score (nSPS) is 12.4. The number of aromatic amines is 1. The first-order valence-electron chi connectivity index (χ1n) is 8.49. The van der Waals surface area contributed by atoms with Crippen LogP contribution in [0.1, 0.15) is 11.1 Å². The van der Waals surface area contributed by atoms with Gasteiger partial charge in [0.05, 0.1) is 11.7 Å². The number of rotatable bonds is 6. The van der Waals surface area contributed by atoms with Gasteiger partial charge in [-0.2, -0.15) is 5.10 Å². The summed E-state index contributed by atoms with van der Waals surface area (Å²) in [4.78, 5) is 0. The zero-order chi connectivity index (χ0) is 17.9. The SMILES string of the molecule is Cc1cccc(C[C@H](N)CNc2nnc(-c3ccc4[nH]ncc4c3)s2)c1. The highest BCUT2D eigenvalue weighted by atomic mass is 32.1. The third kappa shape index (κ3) is 3.74. The first kappa shape index (κ1) is 16.7. The van der Waals surface area contributed by atoms with Crippen LogP contribution < -0.4 is 11.1 Å². The van der Waals surface area contributed by atoms with E-state index in [0.717, 1.165) is 33.0 Å². The molecular weight excluding hydrogens is 344 g/mol. The molecule has 0 unspecified atom stereocenters. The molecule has 6 nitrogen and oxygen atoms in total. The Balaban J connectivity index is 1.38. The molecule has 0 amide bonds. The Labute approximate surface area is 155 Å². The fraction of sp³-hybridized carbons (Fsp3) is 0.211. The predicted molar refractivity (Wildman–Crippen MR) is 106 cm³/mol. The summed E-state index contributed by atoms with van der Waals surface area (Å²) in [5, 5.41) is 21.5. The van der Waals surface area contributed by atoms with Crippen molar-refractivity contribution in [2.75, 3.05) is 11.9 Å². The van der Waals surface area contributed by atoms with Gasteiger partial charge in [0.1, 0.15) is 5.01 Å². The molecule has 1 atom stereocenters. The van der Waals surface area contributed by atoms with Gasteiger partial charge in [-0.25, -0.2) is 0 Å². The minimum atomic E-state index is 0.0198. The van der Waals surface area contributed by atoms with E-state index in [4.69, 9.17) is 5.73 Å². The monoisotopic (exact) mass is 364 g/mol. The van der Waals surface area contributed by atoms with E-state index in [-0.39, 0.29) is 6.04 Å². The average Bonchev–Trinajstić information content (AvgIpc) is 3.28. The zero-order valence-corrected chi connectivity index (χ0v) is 15.3. The third-order valence-corrected chi connectivity index (χ3v) is 5.14. The summed E-state index contributed by atoms with van der Waals surface area (Å²) in [5.74, 6) is 0. The minimum Gasteiger partial charge on any atom is -0.359 e. The summed E-state index contributed by atoms with van der Waals surface area (Å²) >= 11 is 1.53. The van der Waals surface area contributed by atoms with E-state index in [1.165, 1.54) is 22.5 Å². The number of H-pyrrole nitrogens is 1. The molecule has 132 valence electrons. The number of hydrogen-bond acceptors (Lipinski definition) is 6. The summed E-state index contributed by atoms with van der Waals surface area (Å²) < 4.78 is 0. The van der Waals surface area contributed by atoms with Crippen molar-refractivity contribution in [2.24, 2.45) is 5.73 Å². The Hall–Kier alpha value is -2.77. The number of hydrogen-bond donors (Lipinski definition) is 3. The van der Waals surface area contributed by atoms with Crippen LogP contribution in [0.25, 0.3) is 21.5 Å². The number of aromatic nitrogens is 4. The Morgan fingerprint density at radius 3 is 3.00 bits per heavy atom. The second-order valence-corrected chi connectivity index (χ2v) is 7.40. The molecule has 7 heteroatoms. The van der Waals surface area contributed by atoms with Crippen LogP contribution in [-0.2, 0) is 6.42 Å². The molecule has 0 saturated carbocycles. The van der Waals surface area contributed by atoms with E-state index in [0.29, 0.717) is 6.54 Å². The van der Waals surface area contributed by atoms with Crippen molar-refractivity contribution in [3.05, 3.63) is 59.8 Å². The van der Waals surface area contributed by atoms with Crippen molar-refractivity contribution >= 4 is 27.4 Å². The lowest BCUT2D eigenvalue weighted by atomic mass is 10.0. The van der Waals surface area contributed by atoms with Gasteiger partial charge in [-0.15, -0.1) is 10.2 Å². The van der Waals surface area contributed by atoms with Gasteiger partial charge in [-0.05, 0) is 37.1 Å². The number of nitrogens with zero attached hydrogens (tertiary/aromatic N) is 3. The molecule has 0 bridgehead atoms. The summed E-state index contributed by atoms with van der Waals surface area (Å²) in [6.07, 6.45) is 2.64. The fourth-order valence-corrected chi connectivity index (χ4v) is 3.67. The van der Waals surface area contributed by atoms with E-state index in [9.17, 15) is 0 Å². The van der Waals surface area contributed by atoms with Crippen molar-refractivity contribution in [1.82, 2.24) is 20.4 Å². The fourth-order valence-electron chi connectivity index (χ4n) is 2.92. The van der Waals surface area contributed by atoms with Crippen molar-refractivity contribution in [2.45, 2.75) is 19.4 Å². The first-order chi connectivity index (χ1) is 12.7. The smallest absolute Gasteiger partial charge is 0.206 e. The number of nitrogens with two attached hydrogens (primary N) is 1. The van der Waals surface area contributed by atoms with E-state index in [1.807, 2.05) is 18.3 Å². The Morgan fingerprint density at radius 2 is 2.12 bits per heavy atom. The first-order valence-corrected chi connectivity index (χ1v) is 9.31. The molecule has 2 aromatic heterocycles. The van der Waals surface area contributed by atoms with Gasteiger partial charge in [-0.1, -0.05) is 41.2 Å². The Bertz CT molecular complexity index is 1020. The lowest BCUT2D eigenvalue weighted by Crippen LogP contribution is -2.31. The van der Waals surface area contributed by atoms with Gasteiger partial charge < -0.3 is 11.1 Å². The average molecular weight is 364 g/mol. The molecule has 0 spiro atoms. The van der Waals surface area contributed by atoms with E-state index in [1.54, 1.807) is 0 Å². The quantitative estimate of drug-likeness (QED) is 0.488. The molecule has 2 heterocycles. The standard InChI is InChI=1S/C19H20N6S/c1-12-3-2-4-13(7-12)8-16(20)11-21-19-25-24-18(26-19)14-5-6-17-15(9-14)10-22-23-17/h2-7,9-10,16H,8,11,20H2,1H3,(H,21,25)(H,22,23)/t16-/m0/s1. The van der Waals surface area contributed by atoms with E-state index in [2.05, 4.69) is 63.0 Å². The van der Waals surface area contributed by atoms with Gasteiger partial charge in [0.25, 0.3) is 0 Å². The van der Waals surface area contributed by atoms with Gasteiger partial charge in [0.15, 0.2) is 0 Å². The maximum absolute atomic E-state index is 6.26. The molecule has 26 heavy (non-hydrogen) atoms. The van der Waals surface area contributed by atoms with Gasteiger partial charge in [-0.3, -0.25) is 5.10 Å². The number of anilines is 1. The molecule has 2 aromatic carbocycles. The summed E-state index contributed by atoms with van der Waals surface area (Å²) in [6.45, 7) is 2.75. The molecule has 0 saturated heterocycles. The molecule has 4 N–H and O–H groups in total. The Morgan fingerprint density at radius 1 is 1.19 bits per heavy atom. The van der Waals surface area contributed by atoms with Crippen LogP contribution in [0, 0.1) is 6.92 Å². The Kier molecular flexibility index (Phi) is 4.64. The number of benzene rings is 2. The lowest BCUT2D eigenvalue weighted by Gasteiger charge is -2.12. The molecule has 0 aliphatic heterocycles. The summed E-state index contributed by atoms with van der Waals surface area (Å²) in [7, 11) is 0. The number of nitrogens with one attached hydrogen (secondary N) is 2. The lowest BCUT2D eigenvalue weighted by molar-refractivity contribution is 0.698. The van der Waals surface area contributed by atoms with E-state index >= 15 is 0 Å². The van der Waals surface area contributed by atoms with Gasteiger partial charge >= 0.3 is 0 Å². The van der Waals surface area contributed by atoms with Crippen LogP contribution in [-0.4, -0.2) is 33.0 Å². The van der Waals surface area contributed by atoms with Crippen molar-refractivity contribution < 1.29 is 0 Å². The van der Waals surface area contributed by atoms with Crippen LogP contribution in [0.3, 0.4) is 0 Å². The maximum atomic E-state index is 6.26. The van der Waals surface area contributed by atoms with Crippen LogP contribution in [0.2, 0.25) is 0 Å². The van der Waals surface area contributed by atoms with Crippen molar-refractivity contribution in [3.63, 3.8) is 0 Å². The molecule has 0 aliphatic rings. The predicted octanol–water partition coefficient (Wildman–Crippen LogP) is 3.37. The highest BCUT2D eigenvalue weighted by molar-refractivity contribution is 7.18. The van der Waals surface area contributed by atoms with Gasteiger partial charge in [0, 0.05) is 23.5 Å². The molecule has 4 rings (SSSR count). The largest absolute Gasteiger partial charge is 0.359 e. The maximum Gasteiger partial charge on any atom is 0.206 e. The van der Waals surface area contributed by atoms with Crippen LogP contribution in [0.4, 0.5) is 5.13 Å². The molecule has 0 aliphatic carbocycles. The van der Waals surface area contributed by atoms with E-state index < -0.39 is 0 Å². The molecular formula is C19H20N6S. The van der Waals surface area contributed by atoms with Crippen molar-refractivity contribution in [1.29, 1.82) is 0 Å². The molecule has 0 fully saturated rings. The highest BCUT2D eigenvalue weighted by Gasteiger charge is 2.10. The summed E-state index contributed by atoms with van der Waals surface area (Å²) in [6, 6.07) is 14.6. The second-order valence-electron chi connectivity index (χ2n) is 6.42. The third-order valence-electron chi connectivity index (χ3n) is 4.21. The minimum absolute atomic E-state index is 0.0198. The zero-order valence-electron chi connectivity index (χ0n) is 14.4. The number of fused-ring (bicyclic) bond motifs is 1. The highest BCUT2D eigenvalue weighted by Crippen LogP contribution is 2.28. The second kappa shape index (κ2) is 7.23. The van der Waals surface area contributed by atoms with Crippen LogP contribution in [0.15, 0.2) is 48.7 Å². The topological polar surface area (TPSA) is 92.5 Å². The van der Waals surface area contributed by atoms with Gasteiger partial charge in [0.2, 0.25) is 5.13 Å². The van der Waals surface area contributed by atoms with Crippen LogP contribution in [0.5, 0.6) is 0 Å². The van der Waals surface area contributed by atoms with Crippen LogP contribution >= 0.6 is 11.3 Å².